The number of nitrogens with zero attached hydrogens (tertiary/aromatic N) is 1. The minimum atomic E-state index is -3.66. The van der Waals surface area contributed by atoms with Crippen LogP contribution in [0.5, 0.6) is 5.75 Å². The number of ether oxygens (including phenoxy) is 1. The third kappa shape index (κ3) is 5.23. The van der Waals surface area contributed by atoms with E-state index in [2.05, 4.69) is 5.32 Å². The van der Waals surface area contributed by atoms with Gasteiger partial charge in [0.2, 0.25) is 15.9 Å². The molecule has 0 radical (unpaired) electrons. The molecule has 0 aliphatic carbocycles. The summed E-state index contributed by atoms with van der Waals surface area (Å²) in [5.41, 5.74) is 2.49. The van der Waals surface area contributed by atoms with E-state index in [0.717, 1.165) is 21.7 Å². The van der Waals surface area contributed by atoms with Crippen LogP contribution < -0.4 is 14.4 Å². The Bertz CT molecular complexity index is 877. The zero-order valence-corrected chi connectivity index (χ0v) is 17.1. The molecule has 0 saturated heterocycles. The molecule has 2 atom stereocenters. The van der Waals surface area contributed by atoms with Gasteiger partial charge in [0.15, 0.2) is 0 Å². The Morgan fingerprint density at radius 3 is 2.07 bits per heavy atom. The van der Waals surface area contributed by atoms with Crippen LogP contribution in [0.1, 0.15) is 31.0 Å². The van der Waals surface area contributed by atoms with E-state index in [9.17, 15) is 13.2 Å². The molecular formula is C20H26N2O4S. The second-order valence-corrected chi connectivity index (χ2v) is 8.43. The van der Waals surface area contributed by atoms with Gasteiger partial charge in [-0.3, -0.25) is 9.10 Å². The van der Waals surface area contributed by atoms with Gasteiger partial charge < -0.3 is 10.1 Å². The third-order valence-corrected chi connectivity index (χ3v) is 5.59. The maximum atomic E-state index is 12.7. The number of rotatable bonds is 7. The summed E-state index contributed by atoms with van der Waals surface area (Å²) in [6.07, 6.45) is 1.09. The van der Waals surface area contributed by atoms with E-state index in [0.29, 0.717) is 11.4 Å². The monoisotopic (exact) mass is 390 g/mol. The predicted molar refractivity (Wildman–Crippen MR) is 108 cm³/mol. The standard InChI is InChI=1S/C20H26N2O4S/c1-14-6-8-17(9-7-14)15(2)21-20(23)16(3)22(27(5,24)25)18-10-12-19(26-4)13-11-18/h6-13,15-16H,1-5H3,(H,21,23). The van der Waals surface area contributed by atoms with Gasteiger partial charge in [0, 0.05) is 0 Å². The fraction of sp³-hybridized carbons (Fsp3) is 0.350. The highest BCUT2D eigenvalue weighted by atomic mass is 32.2. The Labute approximate surface area is 161 Å². The number of amides is 1. The van der Waals surface area contributed by atoms with E-state index in [1.54, 1.807) is 31.2 Å². The lowest BCUT2D eigenvalue weighted by molar-refractivity contribution is -0.122. The van der Waals surface area contributed by atoms with E-state index in [4.69, 9.17) is 4.74 Å². The molecule has 2 rings (SSSR count). The van der Waals surface area contributed by atoms with Gasteiger partial charge in [-0.15, -0.1) is 0 Å². The molecular weight excluding hydrogens is 364 g/mol. The number of methoxy groups -OCH3 is 1. The van der Waals surface area contributed by atoms with Crippen LogP contribution in [-0.2, 0) is 14.8 Å². The summed E-state index contributed by atoms with van der Waals surface area (Å²) < 4.78 is 30.9. The Kier molecular flexibility index (Phi) is 6.49. The first-order valence-electron chi connectivity index (χ1n) is 8.64. The molecule has 0 aliphatic rings. The number of hydrogen-bond acceptors (Lipinski definition) is 4. The Hall–Kier alpha value is -2.54. The smallest absolute Gasteiger partial charge is 0.244 e. The second-order valence-electron chi connectivity index (χ2n) is 6.57. The average molecular weight is 391 g/mol. The van der Waals surface area contributed by atoms with Gasteiger partial charge in [-0.05, 0) is 50.6 Å². The SMILES string of the molecule is COc1ccc(N(C(C)C(=O)NC(C)c2ccc(C)cc2)S(C)(=O)=O)cc1. The van der Waals surface area contributed by atoms with Crippen LogP contribution in [0.25, 0.3) is 0 Å². The molecule has 0 aliphatic heterocycles. The number of hydrogen-bond donors (Lipinski definition) is 1. The van der Waals surface area contributed by atoms with Crippen LogP contribution in [0.3, 0.4) is 0 Å². The highest BCUT2D eigenvalue weighted by molar-refractivity contribution is 7.92. The lowest BCUT2D eigenvalue weighted by atomic mass is 10.1. The van der Waals surface area contributed by atoms with E-state index < -0.39 is 16.1 Å². The van der Waals surface area contributed by atoms with Gasteiger partial charge >= 0.3 is 0 Å². The lowest BCUT2D eigenvalue weighted by Crippen LogP contribution is -2.48. The molecule has 7 heteroatoms. The van der Waals surface area contributed by atoms with E-state index in [1.165, 1.54) is 7.11 Å². The summed E-state index contributed by atoms with van der Waals surface area (Å²) in [6, 6.07) is 13.3. The van der Waals surface area contributed by atoms with Crippen molar-refractivity contribution in [1.29, 1.82) is 0 Å². The minimum absolute atomic E-state index is 0.238. The van der Waals surface area contributed by atoms with E-state index in [-0.39, 0.29) is 11.9 Å². The summed E-state index contributed by atoms with van der Waals surface area (Å²) in [4.78, 5) is 12.7. The number of anilines is 1. The molecule has 0 bridgehead atoms. The number of nitrogens with one attached hydrogen (secondary N) is 1. The predicted octanol–water partition coefficient (Wildman–Crippen LogP) is 3.04. The highest BCUT2D eigenvalue weighted by Gasteiger charge is 2.29. The first-order valence-corrected chi connectivity index (χ1v) is 10.5. The van der Waals surface area contributed by atoms with Crippen molar-refractivity contribution in [3.63, 3.8) is 0 Å². The number of benzene rings is 2. The van der Waals surface area contributed by atoms with Crippen LogP contribution in [0.15, 0.2) is 48.5 Å². The average Bonchev–Trinajstić information content (AvgIpc) is 2.61. The van der Waals surface area contributed by atoms with Crippen LogP contribution in [0.2, 0.25) is 0 Å². The Balaban J connectivity index is 2.22. The fourth-order valence-electron chi connectivity index (χ4n) is 2.81. The minimum Gasteiger partial charge on any atom is -0.497 e. The summed E-state index contributed by atoms with van der Waals surface area (Å²) in [7, 11) is -2.12. The molecule has 1 amide bonds. The Morgan fingerprint density at radius 2 is 1.59 bits per heavy atom. The van der Waals surface area contributed by atoms with Crippen molar-refractivity contribution < 1.29 is 17.9 Å². The van der Waals surface area contributed by atoms with E-state index >= 15 is 0 Å². The molecule has 2 aromatic rings. The third-order valence-electron chi connectivity index (χ3n) is 4.35. The van der Waals surface area contributed by atoms with Crippen LogP contribution in [0, 0.1) is 6.92 Å². The number of carbonyl (C=O) groups is 1. The van der Waals surface area contributed by atoms with Gasteiger partial charge in [-0.25, -0.2) is 8.42 Å². The summed E-state index contributed by atoms with van der Waals surface area (Å²) >= 11 is 0. The maximum absolute atomic E-state index is 12.7. The van der Waals surface area contributed by atoms with Crippen molar-refractivity contribution in [2.24, 2.45) is 0 Å². The largest absolute Gasteiger partial charge is 0.497 e. The van der Waals surface area contributed by atoms with Gasteiger partial charge in [-0.2, -0.15) is 0 Å². The van der Waals surface area contributed by atoms with Crippen molar-refractivity contribution in [2.45, 2.75) is 32.9 Å². The molecule has 0 heterocycles. The molecule has 2 unspecified atom stereocenters. The zero-order valence-electron chi connectivity index (χ0n) is 16.3. The number of sulfonamides is 1. The number of aryl methyl sites for hydroxylation is 1. The van der Waals surface area contributed by atoms with E-state index in [1.807, 2.05) is 38.1 Å². The lowest BCUT2D eigenvalue weighted by Gasteiger charge is -2.29. The van der Waals surface area contributed by atoms with Crippen molar-refractivity contribution in [3.8, 4) is 5.75 Å². The quantitative estimate of drug-likeness (QED) is 0.788. The van der Waals surface area contributed by atoms with Gasteiger partial charge in [0.25, 0.3) is 0 Å². The first-order chi connectivity index (χ1) is 12.6. The van der Waals surface area contributed by atoms with Crippen molar-refractivity contribution in [2.75, 3.05) is 17.7 Å². The molecule has 146 valence electrons. The fourth-order valence-corrected chi connectivity index (χ4v) is 3.99. The topological polar surface area (TPSA) is 75.7 Å². The normalized spacial score (nSPS) is 13.5. The molecule has 0 aromatic heterocycles. The second kappa shape index (κ2) is 8.43. The zero-order chi connectivity index (χ0) is 20.2. The molecule has 27 heavy (non-hydrogen) atoms. The van der Waals surface area contributed by atoms with Crippen LogP contribution >= 0.6 is 0 Å². The molecule has 2 aromatic carbocycles. The molecule has 0 spiro atoms. The van der Waals surface area contributed by atoms with Crippen LogP contribution in [-0.4, -0.2) is 33.7 Å². The van der Waals surface area contributed by atoms with Crippen molar-refractivity contribution >= 4 is 21.6 Å². The number of carbonyl (C=O) groups excluding carboxylic acids is 1. The summed E-state index contributed by atoms with van der Waals surface area (Å²) in [5.74, 6) is 0.238. The molecule has 0 fully saturated rings. The Morgan fingerprint density at radius 1 is 1.04 bits per heavy atom. The molecule has 6 nitrogen and oxygen atoms in total. The highest BCUT2D eigenvalue weighted by Crippen LogP contribution is 2.24. The van der Waals surface area contributed by atoms with Gasteiger partial charge in [0.1, 0.15) is 11.8 Å². The molecule has 1 N–H and O–H groups in total. The first kappa shape index (κ1) is 20.8. The molecule has 0 saturated carbocycles. The summed E-state index contributed by atoms with van der Waals surface area (Å²) in [6.45, 7) is 5.43. The van der Waals surface area contributed by atoms with Crippen molar-refractivity contribution in [3.05, 3.63) is 59.7 Å². The maximum Gasteiger partial charge on any atom is 0.244 e. The summed E-state index contributed by atoms with van der Waals surface area (Å²) in [5, 5.41) is 2.89. The van der Waals surface area contributed by atoms with Gasteiger partial charge in [0.05, 0.1) is 25.1 Å². The van der Waals surface area contributed by atoms with Gasteiger partial charge in [-0.1, -0.05) is 29.8 Å². The van der Waals surface area contributed by atoms with Crippen molar-refractivity contribution in [1.82, 2.24) is 5.32 Å². The van der Waals surface area contributed by atoms with Crippen LogP contribution in [0.4, 0.5) is 5.69 Å².